The maximum absolute atomic E-state index is 11.9. The van der Waals surface area contributed by atoms with Gasteiger partial charge in [0, 0.05) is 16.9 Å². The van der Waals surface area contributed by atoms with Gasteiger partial charge in [-0.05, 0) is 42.5 Å². The van der Waals surface area contributed by atoms with E-state index in [0.717, 1.165) is 5.56 Å². The van der Waals surface area contributed by atoms with Gasteiger partial charge in [0.2, 0.25) is 5.89 Å². The average Bonchev–Trinajstić information content (AvgIpc) is 3.04. The second-order valence-electron chi connectivity index (χ2n) is 4.54. The molecule has 2 aromatic carbocycles. The van der Waals surface area contributed by atoms with Crippen molar-refractivity contribution in [1.29, 1.82) is 0 Å². The monoisotopic (exact) mass is 295 g/mol. The summed E-state index contributed by atoms with van der Waals surface area (Å²) in [5.41, 5.74) is 1.97. The summed E-state index contributed by atoms with van der Waals surface area (Å²) in [6.45, 7) is 0. The Balaban J connectivity index is 1.69. The van der Waals surface area contributed by atoms with Crippen molar-refractivity contribution in [2.24, 2.45) is 0 Å². The third kappa shape index (κ3) is 3.24. The van der Waals surface area contributed by atoms with E-state index in [0.29, 0.717) is 17.3 Å². The van der Waals surface area contributed by atoms with E-state index in [9.17, 15) is 9.90 Å². The first-order chi connectivity index (χ1) is 10.7. The van der Waals surface area contributed by atoms with Gasteiger partial charge in [-0.1, -0.05) is 6.07 Å². The number of benzene rings is 2. The highest BCUT2D eigenvalue weighted by Crippen LogP contribution is 2.21. The average molecular weight is 295 g/mol. The molecule has 0 aliphatic heterocycles. The lowest BCUT2D eigenvalue weighted by atomic mass is 10.2. The smallest absolute Gasteiger partial charge is 0.323 e. The highest BCUT2D eigenvalue weighted by molar-refractivity contribution is 6.00. The van der Waals surface area contributed by atoms with Crippen LogP contribution in [0, 0.1) is 0 Å². The predicted octanol–water partition coefficient (Wildman–Crippen LogP) is 3.69. The van der Waals surface area contributed by atoms with E-state index in [1.54, 1.807) is 36.5 Å². The van der Waals surface area contributed by atoms with E-state index < -0.39 is 0 Å². The molecule has 3 aromatic rings. The molecule has 2 amide bonds. The maximum Gasteiger partial charge on any atom is 0.323 e. The number of aromatic hydroxyl groups is 1. The second kappa shape index (κ2) is 6.01. The van der Waals surface area contributed by atoms with Gasteiger partial charge in [-0.3, -0.25) is 0 Å². The molecule has 6 heteroatoms. The number of nitrogens with zero attached hydrogens (tertiary/aromatic N) is 1. The van der Waals surface area contributed by atoms with Gasteiger partial charge in [0.25, 0.3) is 0 Å². The van der Waals surface area contributed by atoms with Gasteiger partial charge < -0.3 is 20.2 Å². The summed E-state index contributed by atoms with van der Waals surface area (Å²) in [6.07, 6.45) is 3.06. The van der Waals surface area contributed by atoms with Crippen LogP contribution < -0.4 is 10.6 Å². The van der Waals surface area contributed by atoms with E-state index in [4.69, 9.17) is 4.42 Å². The van der Waals surface area contributed by atoms with E-state index in [1.807, 2.05) is 6.07 Å². The minimum atomic E-state index is -0.379. The lowest BCUT2D eigenvalue weighted by molar-refractivity contribution is 0.262. The van der Waals surface area contributed by atoms with E-state index in [1.165, 1.54) is 18.4 Å². The molecule has 0 unspecified atom stereocenters. The number of phenolic OH excluding ortho intramolecular Hbond substituents is 1. The zero-order valence-electron chi connectivity index (χ0n) is 11.5. The Morgan fingerprint density at radius 3 is 2.55 bits per heavy atom. The Kier molecular flexibility index (Phi) is 3.74. The minimum Gasteiger partial charge on any atom is -0.508 e. The molecule has 3 N–H and O–H groups in total. The molecule has 0 spiro atoms. The fourth-order valence-electron chi connectivity index (χ4n) is 1.93. The summed E-state index contributed by atoms with van der Waals surface area (Å²) in [5, 5.41) is 14.6. The molecule has 0 radical (unpaired) electrons. The third-order valence-corrected chi connectivity index (χ3v) is 2.92. The van der Waals surface area contributed by atoms with Crippen molar-refractivity contribution in [3.05, 3.63) is 61.0 Å². The highest BCUT2D eigenvalue weighted by atomic mass is 16.3. The molecule has 0 saturated heterocycles. The number of carbonyl (C=O) groups is 1. The van der Waals surface area contributed by atoms with Crippen LogP contribution in [0.15, 0.2) is 65.4 Å². The summed E-state index contributed by atoms with van der Waals surface area (Å²) in [6, 6.07) is 13.0. The largest absolute Gasteiger partial charge is 0.508 e. The number of aromatic nitrogens is 1. The number of carbonyl (C=O) groups excluding carboxylic acids is 1. The van der Waals surface area contributed by atoms with Gasteiger partial charge in [0.1, 0.15) is 12.0 Å². The molecule has 1 heterocycles. The van der Waals surface area contributed by atoms with Crippen molar-refractivity contribution in [3.8, 4) is 17.2 Å². The zero-order chi connectivity index (χ0) is 15.4. The molecule has 0 aliphatic rings. The van der Waals surface area contributed by atoms with Crippen molar-refractivity contribution < 1.29 is 14.3 Å². The zero-order valence-corrected chi connectivity index (χ0v) is 11.5. The topological polar surface area (TPSA) is 87.4 Å². The van der Waals surface area contributed by atoms with Crippen LogP contribution in [0.1, 0.15) is 0 Å². The van der Waals surface area contributed by atoms with E-state index in [2.05, 4.69) is 15.6 Å². The van der Waals surface area contributed by atoms with E-state index in [-0.39, 0.29) is 11.8 Å². The molecule has 3 rings (SSSR count). The molecule has 110 valence electrons. The standard InChI is InChI=1S/C16H13N3O3/c20-14-6-4-12(5-7-14)18-16(21)19-13-3-1-2-11(10-13)15-17-8-9-22-15/h1-10,20H,(H2,18,19,21). The summed E-state index contributed by atoms with van der Waals surface area (Å²) in [7, 11) is 0. The Bertz CT molecular complexity index is 768. The van der Waals surface area contributed by atoms with Crippen LogP contribution in [0.4, 0.5) is 16.2 Å². The molecule has 0 saturated carbocycles. The second-order valence-corrected chi connectivity index (χ2v) is 4.54. The molecule has 0 atom stereocenters. The van der Waals surface area contributed by atoms with Gasteiger partial charge in [-0.25, -0.2) is 9.78 Å². The van der Waals surface area contributed by atoms with Gasteiger partial charge in [-0.15, -0.1) is 0 Å². The number of nitrogens with one attached hydrogen (secondary N) is 2. The van der Waals surface area contributed by atoms with Crippen molar-refractivity contribution in [2.45, 2.75) is 0 Å². The number of phenols is 1. The van der Waals surface area contributed by atoms with Crippen LogP contribution in [-0.4, -0.2) is 16.1 Å². The van der Waals surface area contributed by atoms with Crippen LogP contribution >= 0.6 is 0 Å². The van der Waals surface area contributed by atoms with Crippen molar-refractivity contribution in [2.75, 3.05) is 10.6 Å². The fourth-order valence-corrected chi connectivity index (χ4v) is 1.93. The lowest BCUT2D eigenvalue weighted by Gasteiger charge is -2.08. The van der Waals surface area contributed by atoms with Crippen LogP contribution in [0.5, 0.6) is 5.75 Å². The Labute approximate surface area is 126 Å². The van der Waals surface area contributed by atoms with Crippen LogP contribution in [0.25, 0.3) is 11.5 Å². The first-order valence-corrected chi connectivity index (χ1v) is 6.58. The summed E-state index contributed by atoms with van der Waals surface area (Å²) >= 11 is 0. The quantitative estimate of drug-likeness (QED) is 0.643. The summed E-state index contributed by atoms with van der Waals surface area (Å²) in [5.74, 6) is 0.632. The van der Waals surface area contributed by atoms with Crippen LogP contribution in [0.3, 0.4) is 0 Å². The van der Waals surface area contributed by atoms with E-state index >= 15 is 0 Å². The SMILES string of the molecule is O=C(Nc1ccc(O)cc1)Nc1cccc(-c2ncco2)c1. The van der Waals surface area contributed by atoms with Gasteiger partial charge in [0.15, 0.2) is 0 Å². The number of rotatable bonds is 3. The van der Waals surface area contributed by atoms with Crippen LogP contribution in [0.2, 0.25) is 0 Å². The Morgan fingerprint density at radius 1 is 1.05 bits per heavy atom. The number of hydrogen-bond donors (Lipinski definition) is 3. The summed E-state index contributed by atoms with van der Waals surface area (Å²) in [4.78, 5) is 16.0. The number of anilines is 2. The highest BCUT2D eigenvalue weighted by Gasteiger charge is 2.06. The summed E-state index contributed by atoms with van der Waals surface area (Å²) < 4.78 is 5.22. The Hall–Kier alpha value is -3.28. The van der Waals surface area contributed by atoms with Gasteiger partial charge in [0.05, 0.1) is 6.20 Å². The number of hydrogen-bond acceptors (Lipinski definition) is 4. The van der Waals surface area contributed by atoms with Crippen molar-refractivity contribution >= 4 is 17.4 Å². The Morgan fingerprint density at radius 2 is 1.82 bits per heavy atom. The minimum absolute atomic E-state index is 0.143. The maximum atomic E-state index is 11.9. The number of oxazole rings is 1. The molecule has 0 fully saturated rings. The first-order valence-electron chi connectivity index (χ1n) is 6.58. The van der Waals surface area contributed by atoms with Crippen LogP contribution in [-0.2, 0) is 0 Å². The fraction of sp³-hybridized carbons (Fsp3) is 0. The number of amides is 2. The van der Waals surface area contributed by atoms with Gasteiger partial charge in [-0.2, -0.15) is 0 Å². The van der Waals surface area contributed by atoms with Crippen molar-refractivity contribution in [1.82, 2.24) is 4.98 Å². The number of urea groups is 1. The molecule has 22 heavy (non-hydrogen) atoms. The first kappa shape index (κ1) is 13.7. The molecule has 6 nitrogen and oxygen atoms in total. The molecule has 1 aromatic heterocycles. The molecular weight excluding hydrogens is 282 g/mol. The lowest BCUT2D eigenvalue weighted by Crippen LogP contribution is -2.19. The third-order valence-electron chi connectivity index (χ3n) is 2.92. The predicted molar refractivity (Wildman–Crippen MR) is 82.7 cm³/mol. The van der Waals surface area contributed by atoms with Gasteiger partial charge >= 0.3 is 6.03 Å². The molecule has 0 aliphatic carbocycles. The molecular formula is C16H13N3O3. The van der Waals surface area contributed by atoms with Crippen molar-refractivity contribution in [3.63, 3.8) is 0 Å². The normalized spacial score (nSPS) is 10.2. The molecule has 0 bridgehead atoms.